The molecule has 0 saturated heterocycles. The number of quaternary nitrogens is 1. The third-order valence-electron chi connectivity index (χ3n) is 5.96. The molecule has 2 atom stereocenters. The number of esters is 1. The van der Waals surface area contributed by atoms with Crippen LogP contribution in [0.1, 0.15) is 104 Å². The first-order valence-electron chi connectivity index (χ1n) is 14.4. The Bertz CT molecular complexity index is 622. The van der Waals surface area contributed by atoms with Gasteiger partial charge in [-0.15, -0.1) is 0 Å². The summed E-state index contributed by atoms with van der Waals surface area (Å²) < 4.78 is 33.4. The van der Waals surface area contributed by atoms with Gasteiger partial charge in [0, 0.05) is 12.7 Å². The maximum atomic E-state index is 12.0. The zero-order chi connectivity index (χ0) is 27.8. The Balaban J connectivity index is 3.98. The van der Waals surface area contributed by atoms with Gasteiger partial charge in [0.1, 0.15) is 19.3 Å². The molecule has 2 unspecified atom stereocenters. The minimum absolute atomic E-state index is 0.0168. The number of likely N-dealkylation sites (N-methyl/N-ethyl adjacent to an activating group) is 1. The molecule has 0 fully saturated rings. The highest BCUT2D eigenvalue weighted by molar-refractivity contribution is 7.45. The fourth-order valence-electron chi connectivity index (χ4n) is 3.71. The van der Waals surface area contributed by atoms with E-state index in [9.17, 15) is 14.3 Å². The molecule has 0 aliphatic carbocycles. The fourth-order valence-corrected chi connectivity index (χ4v) is 4.44. The number of carbonyl (C=O) groups excluding carboxylic acids is 1. The van der Waals surface area contributed by atoms with Crippen LogP contribution in [0.25, 0.3) is 0 Å². The van der Waals surface area contributed by atoms with Crippen LogP contribution in [0.3, 0.4) is 0 Å². The minimum Gasteiger partial charge on any atom is -0.756 e. The highest BCUT2D eigenvalue weighted by atomic mass is 31.2. The molecule has 0 saturated carbocycles. The molecule has 0 aromatic carbocycles. The maximum Gasteiger partial charge on any atom is 0.330 e. The summed E-state index contributed by atoms with van der Waals surface area (Å²) in [6.45, 7) is 4.75. The molecule has 0 bridgehead atoms. The van der Waals surface area contributed by atoms with Crippen molar-refractivity contribution in [2.24, 2.45) is 0 Å². The molecule has 0 spiro atoms. The summed E-state index contributed by atoms with van der Waals surface area (Å²) in [4.78, 5) is 23.9. The first-order chi connectivity index (χ1) is 17.6. The number of hydrogen-bond acceptors (Lipinski definition) is 7. The van der Waals surface area contributed by atoms with Gasteiger partial charge < -0.3 is 27.9 Å². The highest BCUT2D eigenvalue weighted by Crippen LogP contribution is 2.38. The third kappa shape index (κ3) is 26.6. The molecule has 0 amide bonds. The van der Waals surface area contributed by atoms with Gasteiger partial charge in [-0.2, -0.15) is 0 Å². The molecule has 220 valence electrons. The summed E-state index contributed by atoms with van der Waals surface area (Å²) in [6.07, 6.45) is 20.0. The normalized spacial score (nSPS) is 14.6. The van der Waals surface area contributed by atoms with Crippen molar-refractivity contribution >= 4 is 13.8 Å². The van der Waals surface area contributed by atoms with Crippen molar-refractivity contribution in [2.45, 2.75) is 110 Å². The standard InChI is InChI=1S/C28H56NO7P/c1-6-8-9-10-11-12-13-14-15-16-17-18-19-20-23-33-25-27(36-28(30)21-7-2)26-35-37(31,32)34-24-22-29(3,4)5/h7,21,27H,6,8-20,22-26H2,1-5H3. The lowest BCUT2D eigenvalue weighted by Crippen LogP contribution is -2.37. The number of rotatable bonds is 26. The second kappa shape index (κ2) is 23.2. The van der Waals surface area contributed by atoms with Crippen molar-refractivity contribution in [1.82, 2.24) is 0 Å². The highest BCUT2D eigenvalue weighted by Gasteiger charge is 2.19. The van der Waals surface area contributed by atoms with Crippen LogP contribution in [0.2, 0.25) is 0 Å². The van der Waals surface area contributed by atoms with Crippen LogP contribution in [0, 0.1) is 0 Å². The van der Waals surface area contributed by atoms with Gasteiger partial charge >= 0.3 is 5.97 Å². The molecule has 0 N–H and O–H groups in total. The van der Waals surface area contributed by atoms with E-state index in [1.54, 1.807) is 13.0 Å². The summed E-state index contributed by atoms with van der Waals surface area (Å²) in [5.74, 6) is -0.567. The zero-order valence-electron chi connectivity index (χ0n) is 24.4. The number of carbonyl (C=O) groups is 1. The van der Waals surface area contributed by atoms with Crippen LogP contribution in [0.15, 0.2) is 12.2 Å². The molecule has 37 heavy (non-hydrogen) atoms. The molecular weight excluding hydrogens is 493 g/mol. The molecule has 0 heterocycles. The van der Waals surface area contributed by atoms with E-state index < -0.39 is 19.9 Å². The van der Waals surface area contributed by atoms with Crippen molar-refractivity contribution < 1.29 is 37.3 Å². The van der Waals surface area contributed by atoms with E-state index in [-0.39, 0.29) is 19.8 Å². The van der Waals surface area contributed by atoms with Crippen molar-refractivity contribution in [3.05, 3.63) is 12.2 Å². The van der Waals surface area contributed by atoms with Crippen LogP contribution in [-0.2, 0) is 27.9 Å². The number of phosphoric acid groups is 1. The second-order valence-electron chi connectivity index (χ2n) is 10.8. The van der Waals surface area contributed by atoms with Crippen LogP contribution in [-0.4, -0.2) is 70.7 Å². The Kier molecular flexibility index (Phi) is 22.7. The zero-order valence-corrected chi connectivity index (χ0v) is 25.3. The largest absolute Gasteiger partial charge is 0.756 e. The maximum absolute atomic E-state index is 12.0. The van der Waals surface area contributed by atoms with E-state index in [1.807, 2.05) is 21.1 Å². The van der Waals surface area contributed by atoms with E-state index >= 15 is 0 Å². The molecule has 0 aliphatic heterocycles. The monoisotopic (exact) mass is 549 g/mol. The van der Waals surface area contributed by atoms with Crippen molar-refractivity contribution in [2.75, 3.05) is 54.1 Å². The third-order valence-corrected chi connectivity index (χ3v) is 6.93. The Labute approximate surface area is 227 Å². The van der Waals surface area contributed by atoms with E-state index in [0.717, 1.165) is 12.8 Å². The summed E-state index contributed by atoms with van der Waals surface area (Å²) in [5.41, 5.74) is 0. The molecule has 0 aromatic heterocycles. The van der Waals surface area contributed by atoms with Gasteiger partial charge in [0.05, 0.1) is 34.4 Å². The van der Waals surface area contributed by atoms with Crippen LogP contribution >= 0.6 is 7.82 Å². The van der Waals surface area contributed by atoms with Gasteiger partial charge in [-0.25, -0.2) is 4.79 Å². The van der Waals surface area contributed by atoms with Gasteiger partial charge in [0.2, 0.25) is 0 Å². The predicted molar refractivity (Wildman–Crippen MR) is 148 cm³/mol. The fraction of sp³-hybridized carbons (Fsp3) is 0.893. The van der Waals surface area contributed by atoms with Gasteiger partial charge in [-0.05, 0) is 13.3 Å². The summed E-state index contributed by atoms with van der Waals surface area (Å²) in [5, 5.41) is 0. The lowest BCUT2D eigenvalue weighted by molar-refractivity contribution is -0.870. The smallest absolute Gasteiger partial charge is 0.330 e. The number of hydrogen-bond donors (Lipinski definition) is 0. The Hall–Kier alpha value is -0.760. The summed E-state index contributed by atoms with van der Waals surface area (Å²) in [7, 11) is 1.32. The average molecular weight is 550 g/mol. The molecule has 9 heteroatoms. The molecule has 0 radical (unpaired) electrons. The van der Waals surface area contributed by atoms with Crippen molar-refractivity contribution in [3.8, 4) is 0 Å². The predicted octanol–water partition coefficient (Wildman–Crippen LogP) is 6.18. The topological polar surface area (TPSA) is 94.1 Å². The lowest BCUT2D eigenvalue weighted by Gasteiger charge is -2.28. The quantitative estimate of drug-likeness (QED) is 0.0418. The van der Waals surface area contributed by atoms with Crippen LogP contribution in [0.5, 0.6) is 0 Å². The minimum atomic E-state index is -4.49. The first-order valence-corrected chi connectivity index (χ1v) is 15.9. The summed E-state index contributed by atoms with van der Waals surface area (Å²) >= 11 is 0. The van der Waals surface area contributed by atoms with E-state index in [0.29, 0.717) is 17.6 Å². The number of unbranched alkanes of at least 4 members (excludes halogenated alkanes) is 13. The molecular formula is C28H56NO7P. The van der Waals surface area contributed by atoms with Crippen LogP contribution < -0.4 is 4.89 Å². The van der Waals surface area contributed by atoms with Crippen LogP contribution in [0.4, 0.5) is 0 Å². The number of allylic oxidation sites excluding steroid dienone is 1. The van der Waals surface area contributed by atoms with Gasteiger partial charge in [0.25, 0.3) is 7.82 Å². The second-order valence-corrected chi connectivity index (χ2v) is 12.2. The molecule has 0 rings (SSSR count). The van der Waals surface area contributed by atoms with Gasteiger partial charge in [0.15, 0.2) is 0 Å². The van der Waals surface area contributed by atoms with Crippen molar-refractivity contribution in [3.63, 3.8) is 0 Å². The molecule has 0 aromatic rings. The Morgan fingerprint density at radius 3 is 1.81 bits per heavy atom. The van der Waals surface area contributed by atoms with Gasteiger partial charge in [-0.1, -0.05) is 96.5 Å². The van der Waals surface area contributed by atoms with E-state index in [4.69, 9.17) is 18.5 Å². The Morgan fingerprint density at radius 1 is 0.811 bits per heavy atom. The molecule has 0 aliphatic rings. The average Bonchev–Trinajstić information content (AvgIpc) is 2.81. The number of ether oxygens (including phenoxy) is 2. The van der Waals surface area contributed by atoms with E-state index in [2.05, 4.69) is 6.92 Å². The van der Waals surface area contributed by atoms with Gasteiger partial charge in [-0.3, -0.25) is 4.57 Å². The lowest BCUT2D eigenvalue weighted by atomic mass is 10.0. The Morgan fingerprint density at radius 2 is 1.32 bits per heavy atom. The molecule has 8 nitrogen and oxygen atoms in total. The summed E-state index contributed by atoms with van der Waals surface area (Å²) in [6, 6.07) is 0. The number of nitrogens with zero attached hydrogens (tertiary/aromatic N) is 1. The number of phosphoric ester groups is 1. The van der Waals surface area contributed by atoms with E-state index in [1.165, 1.54) is 83.1 Å². The first kappa shape index (κ1) is 36.2. The van der Waals surface area contributed by atoms with Crippen molar-refractivity contribution in [1.29, 1.82) is 0 Å². The SMILES string of the molecule is CC=CC(=O)OC(COCCCCCCCCCCCCCCCC)COP(=O)([O-])OCC[N+](C)(C)C.